The van der Waals surface area contributed by atoms with Crippen molar-refractivity contribution in [3.05, 3.63) is 47.2 Å². The molecule has 2 heterocycles. The zero-order chi connectivity index (χ0) is 14.3. The van der Waals surface area contributed by atoms with Gasteiger partial charge in [-0.2, -0.15) is 0 Å². The molecule has 5 nitrogen and oxygen atoms in total. The molecular weight excluding hydrogens is 238 g/mol. The van der Waals surface area contributed by atoms with Crippen LogP contribution in [0.3, 0.4) is 0 Å². The number of aromatic nitrogens is 3. The van der Waals surface area contributed by atoms with Crippen molar-refractivity contribution in [2.75, 3.05) is 12.8 Å². The van der Waals surface area contributed by atoms with Gasteiger partial charge < -0.3 is 5.73 Å². The van der Waals surface area contributed by atoms with Gasteiger partial charge in [-0.3, -0.25) is 9.98 Å². The Hall–Kier alpha value is -2.30. The minimum Gasteiger partial charge on any atom is -0.383 e. The van der Waals surface area contributed by atoms with Crippen LogP contribution in [0.1, 0.15) is 22.5 Å². The lowest BCUT2D eigenvalue weighted by atomic mass is 10.2. The third-order valence-electron chi connectivity index (χ3n) is 2.42. The van der Waals surface area contributed by atoms with Gasteiger partial charge in [0.1, 0.15) is 12.1 Å². The Morgan fingerprint density at radius 3 is 2.37 bits per heavy atom. The molecule has 0 spiro atoms. The summed E-state index contributed by atoms with van der Waals surface area (Å²) in [6.07, 6.45) is 4.92. The summed E-state index contributed by atoms with van der Waals surface area (Å²) in [5.74, 6) is 0.475. The van der Waals surface area contributed by atoms with Crippen LogP contribution in [0, 0.1) is 20.8 Å². The van der Waals surface area contributed by atoms with Gasteiger partial charge >= 0.3 is 0 Å². The average molecular weight is 257 g/mol. The highest BCUT2D eigenvalue weighted by Crippen LogP contribution is 2.06. The summed E-state index contributed by atoms with van der Waals surface area (Å²) in [5.41, 5.74) is 9.58. The van der Waals surface area contributed by atoms with E-state index in [1.807, 2.05) is 26.1 Å². The minimum absolute atomic E-state index is 0.475. The van der Waals surface area contributed by atoms with E-state index in [1.54, 1.807) is 13.3 Å². The second-order valence-corrected chi connectivity index (χ2v) is 4.12. The number of aliphatic imine (C=N–C) groups is 1. The Bertz CT molecular complexity index is 526. The Morgan fingerprint density at radius 2 is 1.89 bits per heavy atom. The maximum absolute atomic E-state index is 5.57. The van der Waals surface area contributed by atoms with Gasteiger partial charge in [-0.1, -0.05) is 0 Å². The highest BCUT2D eigenvalue weighted by Gasteiger charge is 2.00. The molecule has 0 aliphatic carbocycles. The van der Waals surface area contributed by atoms with Crippen molar-refractivity contribution in [1.82, 2.24) is 15.0 Å². The van der Waals surface area contributed by atoms with Crippen LogP contribution >= 0.6 is 0 Å². The molecule has 0 radical (unpaired) electrons. The Morgan fingerprint density at radius 1 is 1.16 bits per heavy atom. The second kappa shape index (κ2) is 7.20. The van der Waals surface area contributed by atoms with Gasteiger partial charge in [-0.15, -0.1) is 0 Å². The second-order valence-electron chi connectivity index (χ2n) is 4.12. The van der Waals surface area contributed by atoms with Crippen molar-refractivity contribution < 1.29 is 0 Å². The number of nitrogens with two attached hydrogens (primary N) is 1. The maximum Gasteiger partial charge on any atom is 0.135 e. The van der Waals surface area contributed by atoms with E-state index in [1.165, 1.54) is 11.9 Å². The van der Waals surface area contributed by atoms with Crippen LogP contribution in [0.15, 0.2) is 29.6 Å². The standard InChI is InChI=1S/C7H10N4.C7H9N/c1-5-6(3-9-2)7(8)11-4-10-5;1-6-3-4-8-7(2)5-6/h3-4H,1-2H3,(H2,8,10,11);3-5H,1-2H3. The summed E-state index contributed by atoms with van der Waals surface area (Å²) in [6.45, 7) is 5.93. The molecule has 5 heteroatoms. The van der Waals surface area contributed by atoms with Gasteiger partial charge in [0.05, 0.1) is 11.3 Å². The third-order valence-corrected chi connectivity index (χ3v) is 2.42. The lowest BCUT2D eigenvalue weighted by Gasteiger charge is -1.99. The summed E-state index contributed by atoms with van der Waals surface area (Å²) in [5, 5.41) is 0. The number of pyridine rings is 1. The molecule has 0 unspecified atom stereocenters. The average Bonchev–Trinajstić information content (AvgIpc) is 2.34. The van der Waals surface area contributed by atoms with Crippen molar-refractivity contribution >= 4 is 12.0 Å². The van der Waals surface area contributed by atoms with Crippen LogP contribution in [0.5, 0.6) is 0 Å². The van der Waals surface area contributed by atoms with E-state index in [0.717, 1.165) is 17.0 Å². The Labute approximate surface area is 113 Å². The summed E-state index contributed by atoms with van der Waals surface area (Å²) in [7, 11) is 1.69. The first-order valence-electron chi connectivity index (χ1n) is 5.93. The van der Waals surface area contributed by atoms with Crippen LogP contribution in [0.25, 0.3) is 0 Å². The molecule has 2 N–H and O–H groups in total. The van der Waals surface area contributed by atoms with E-state index in [-0.39, 0.29) is 0 Å². The predicted octanol–water partition coefficient (Wildman–Crippen LogP) is 2.11. The van der Waals surface area contributed by atoms with Gasteiger partial charge in [0.25, 0.3) is 0 Å². The van der Waals surface area contributed by atoms with E-state index in [9.17, 15) is 0 Å². The first-order valence-corrected chi connectivity index (χ1v) is 5.93. The molecule has 0 amide bonds. The summed E-state index contributed by atoms with van der Waals surface area (Å²) in [4.78, 5) is 15.7. The number of aryl methyl sites for hydroxylation is 3. The lowest BCUT2D eigenvalue weighted by molar-refractivity contribution is 1.10. The predicted molar refractivity (Wildman–Crippen MR) is 78.4 cm³/mol. The van der Waals surface area contributed by atoms with Gasteiger partial charge in [0.15, 0.2) is 0 Å². The van der Waals surface area contributed by atoms with E-state index in [2.05, 4.69) is 32.9 Å². The number of rotatable bonds is 1. The van der Waals surface area contributed by atoms with E-state index in [4.69, 9.17) is 5.73 Å². The van der Waals surface area contributed by atoms with E-state index in [0.29, 0.717) is 5.82 Å². The third kappa shape index (κ3) is 4.83. The monoisotopic (exact) mass is 257 g/mol. The van der Waals surface area contributed by atoms with Gasteiger partial charge in [0, 0.05) is 25.2 Å². The van der Waals surface area contributed by atoms with Gasteiger partial charge in [0.2, 0.25) is 0 Å². The topological polar surface area (TPSA) is 77.0 Å². The quantitative estimate of drug-likeness (QED) is 0.794. The van der Waals surface area contributed by atoms with Crippen LogP contribution in [0.4, 0.5) is 5.82 Å². The number of hydrogen-bond acceptors (Lipinski definition) is 5. The van der Waals surface area contributed by atoms with Crippen molar-refractivity contribution in [2.45, 2.75) is 20.8 Å². The molecule has 2 aromatic rings. The zero-order valence-electron chi connectivity index (χ0n) is 11.8. The Balaban J connectivity index is 0.000000200. The fourth-order valence-electron chi connectivity index (χ4n) is 1.48. The SMILES string of the molecule is CN=Cc1c(C)ncnc1N.Cc1ccnc(C)c1. The lowest BCUT2D eigenvalue weighted by Crippen LogP contribution is -2.01. The van der Waals surface area contributed by atoms with Gasteiger partial charge in [-0.05, 0) is 38.5 Å². The normalized spacial score (nSPS) is 10.1. The molecule has 0 aliphatic rings. The minimum atomic E-state index is 0.475. The Kier molecular flexibility index (Phi) is 5.60. The first kappa shape index (κ1) is 14.8. The zero-order valence-corrected chi connectivity index (χ0v) is 11.8. The summed E-state index contributed by atoms with van der Waals surface area (Å²) < 4.78 is 0. The van der Waals surface area contributed by atoms with Crippen LogP contribution in [0.2, 0.25) is 0 Å². The number of nitrogens with zero attached hydrogens (tertiary/aromatic N) is 4. The maximum atomic E-state index is 5.57. The van der Waals surface area contributed by atoms with Crippen molar-refractivity contribution in [3.63, 3.8) is 0 Å². The fraction of sp³-hybridized carbons (Fsp3) is 0.286. The molecule has 0 bridgehead atoms. The molecule has 0 fully saturated rings. The van der Waals surface area contributed by atoms with Crippen LogP contribution < -0.4 is 5.73 Å². The molecule has 0 atom stereocenters. The van der Waals surface area contributed by atoms with Crippen LogP contribution in [-0.2, 0) is 0 Å². The van der Waals surface area contributed by atoms with Crippen molar-refractivity contribution in [3.8, 4) is 0 Å². The first-order chi connectivity index (χ1) is 9.04. The van der Waals surface area contributed by atoms with Crippen molar-refractivity contribution in [1.29, 1.82) is 0 Å². The molecule has 0 saturated heterocycles. The molecule has 0 saturated carbocycles. The highest BCUT2D eigenvalue weighted by molar-refractivity contribution is 5.86. The van der Waals surface area contributed by atoms with E-state index < -0.39 is 0 Å². The molecule has 0 aliphatic heterocycles. The van der Waals surface area contributed by atoms with Crippen molar-refractivity contribution in [2.24, 2.45) is 4.99 Å². The molecule has 100 valence electrons. The van der Waals surface area contributed by atoms with Gasteiger partial charge in [-0.25, -0.2) is 9.97 Å². The summed E-state index contributed by atoms with van der Waals surface area (Å²) in [6, 6.07) is 4.05. The summed E-state index contributed by atoms with van der Waals surface area (Å²) >= 11 is 0. The smallest absolute Gasteiger partial charge is 0.135 e. The molecule has 0 aromatic carbocycles. The number of anilines is 1. The largest absolute Gasteiger partial charge is 0.383 e. The molecule has 2 aromatic heterocycles. The molecular formula is C14H19N5. The molecule has 2 rings (SSSR count). The molecule has 19 heavy (non-hydrogen) atoms. The van der Waals surface area contributed by atoms with E-state index >= 15 is 0 Å². The fourth-order valence-corrected chi connectivity index (χ4v) is 1.48. The van der Waals surface area contributed by atoms with Crippen LogP contribution in [-0.4, -0.2) is 28.2 Å². The number of hydrogen-bond donors (Lipinski definition) is 1. The number of nitrogen functional groups attached to an aromatic ring is 1. The highest BCUT2D eigenvalue weighted by atomic mass is 14.9.